The largest absolute Gasteiger partial charge is 1.00 e. The van der Waals surface area contributed by atoms with Gasteiger partial charge in [-0.1, -0.05) is 0 Å². The second-order valence-corrected chi connectivity index (χ2v) is 2.67. The zero-order valence-electron chi connectivity index (χ0n) is 8.48. The summed E-state index contributed by atoms with van der Waals surface area (Å²) < 4.78 is 0. The fourth-order valence-corrected chi connectivity index (χ4v) is 0.955. The number of phenols is 1. The van der Waals surface area contributed by atoms with Crippen LogP contribution in [0.5, 0.6) is 5.75 Å². The molecule has 1 N–H and O–H groups in total. The average Bonchev–Trinajstić information content (AvgIpc) is 2.04. The number of diazo groups is 1. The van der Waals surface area contributed by atoms with Crippen molar-refractivity contribution in [3.8, 4) is 5.75 Å². The molecule has 0 amide bonds. The number of anilines is 1. The number of hydrogen-bond donors (Lipinski definition) is 1. The minimum atomic E-state index is 0. The van der Waals surface area contributed by atoms with Crippen molar-refractivity contribution in [2.75, 3.05) is 19.0 Å². The van der Waals surface area contributed by atoms with Crippen molar-refractivity contribution in [2.24, 2.45) is 0 Å². The molecule has 1 rings (SSSR count). The van der Waals surface area contributed by atoms with Gasteiger partial charge in [0.1, 0.15) is 11.4 Å². The van der Waals surface area contributed by atoms with E-state index in [-0.39, 0.29) is 50.0 Å². The third kappa shape index (κ3) is 5.18. The van der Waals surface area contributed by atoms with E-state index in [0.717, 1.165) is 0 Å². The van der Waals surface area contributed by atoms with E-state index in [2.05, 4.69) is 4.98 Å². The molecule has 0 atom stereocenters. The van der Waals surface area contributed by atoms with Crippen LogP contribution in [0.15, 0.2) is 18.2 Å². The first-order valence-electron chi connectivity index (χ1n) is 3.50. The van der Waals surface area contributed by atoms with E-state index < -0.39 is 0 Å². The van der Waals surface area contributed by atoms with Crippen LogP contribution >= 0.6 is 0 Å². The zero-order chi connectivity index (χ0) is 9.14. The Hall–Kier alpha value is -0.557. The molecule has 0 aromatic heterocycles. The van der Waals surface area contributed by atoms with Crippen molar-refractivity contribution >= 4 is 11.4 Å². The summed E-state index contributed by atoms with van der Waals surface area (Å²) in [5.74, 6) is 0.158. The van der Waals surface area contributed by atoms with Gasteiger partial charge >= 0.3 is 25.2 Å². The summed E-state index contributed by atoms with van der Waals surface area (Å²) in [5.41, 5.74) is 1.12. The Morgan fingerprint density at radius 2 is 1.80 bits per heavy atom. The van der Waals surface area contributed by atoms with Crippen LogP contribution in [0.25, 0.3) is 4.98 Å². The average molecular weight is 300 g/mol. The van der Waals surface area contributed by atoms with Crippen molar-refractivity contribution in [1.29, 1.82) is 5.39 Å². The SMILES string of the molecule is CN(C)c1cc(O)ccc1[N+]#N.[Cl-].[Cl-].[Zn+]. The molecule has 0 saturated carbocycles. The van der Waals surface area contributed by atoms with Gasteiger partial charge in [-0.05, 0) is 6.07 Å². The van der Waals surface area contributed by atoms with Crippen LogP contribution in [-0.2, 0) is 19.5 Å². The maximum Gasteiger partial charge on any atom is 1.00 e. The van der Waals surface area contributed by atoms with E-state index in [9.17, 15) is 0 Å². The van der Waals surface area contributed by atoms with Crippen molar-refractivity contribution in [2.45, 2.75) is 0 Å². The second-order valence-electron chi connectivity index (χ2n) is 2.67. The molecule has 0 spiro atoms. The maximum atomic E-state index is 9.13. The van der Waals surface area contributed by atoms with Gasteiger partial charge in [0.15, 0.2) is 4.98 Å². The van der Waals surface area contributed by atoms with Gasteiger partial charge in [0.2, 0.25) is 5.39 Å². The van der Waals surface area contributed by atoms with Crippen LogP contribution < -0.4 is 29.7 Å². The fraction of sp³-hybridized carbons (Fsp3) is 0.250. The molecular formula is C8H10Cl2N3OZn. The Bertz CT molecular complexity index is 341. The molecule has 15 heavy (non-hydrogen) atoms. The van der Waals surface area contributed by atoms with Crippen molar-refractivity contribution in [3.63, 3.8) is 0 Å². The minimum absolute atomic E-state index is 0. The smallest absolute Gasteiger partial charge is 1.00 e. The molecule has 0 bridgehead atoms. The van der Waals surface area contributed by atoms with Crippen LogP contribution in [-0.4, -0.2) is 19.2 Å². The summed E-state index contributed by atoms with van der Waals surface area (Å²) in [7, 11) is 3.62. The maximum absolute atomic E-state index is 9.13. The number of halogens is 2. The van der Waals surface area contributed by atoms with E-state index in [4.69, 9.17) is 10.5 Å². The van der Waals surface area contributed by atoms with Gasteiger partial charge in [0.05, 0.1) is 0 Å². The van der Waals surface area contributed by atoms with E-state index in [0.29, 0.717) is 11.4 Å². The monoisotopic (exact) mass is 298 g/mol. The molecule has 0 saturated heterocycles. The topological polar surface area (TPSA) is 51.6 Å². The Morgan fingerprint density at radius 1 is 1.27 bits per heavy atom. The molecule has 1 radical (unpaired) electrons. The third-order valence-electron chi connectivity index (χ3n) is 1.55. The van der Waals surface area contributed by atoms with E-state index in [1.165, 1.54) is 12.1 Å². The summed E-state index contributed by atoms with van der Waals surface area (Å²) in [4.78, 5) is 4.84. The summed E-state index contributed by atoms with van der Waals surface area (Å²) in [6.07, 6.45) is 0. The van der Waals surface area contributed by atoms with Crippen LogP contribution in [0, 0.1) is 5.39 Å². The first kappa shape index (κ1) is 19.9. The molecule has 1 aromatic carbocycles. The van der Waals surface area contributed by atoms with Gasteiger partial charge in [-0.15, -0.1) is 0 Å². The van der Waals surface area contributed by atoms with E-state index >= 15 is 0 Å². The molecule has 0 aliphatic heterocycles. The van der Waals surface area contributed by atoms with E-state index in [1.807, 2.05) is 14.1 Å². The zero-order valence-corrected chi connectivity index (χ0v) is 13.0. The van der Waals surface area contributed by atoms with Gasteiger partial charge in [-0.3, -0.25) is 0 Å². The molecule has 0 aliphatic rings. The number of hydrogen-bond acceptors (Lipinski definition) is 3. The quantitative estimate of drug-likeness (QED) is 0.424. The Labute approximate surface area is 114 Å². The fourth-order valence-electron chi connectivity index (χ4n) is 0.955. The number of aromatic hydroxyl groups is 1. The van der Waals surface area contributed by atoms with E-state index in [1.54, 1.807) is 11.0 Å². The number of benzene rings is 1. The van der Waals surface area contributed by atoms with Crippen molar-refractivity contribution < 1.29 is 49.4 Å². The molecule has 0 aliphatic carbocycles. The van der Waals surface area contributed by atoms with Crippen LogP contribution in [0.2, 0.25) is 0 Å². The summed E-state index contributed by atoms with van der Waals surface area (Å²) in [6.45, 7) is 0. The standard InChI is InChI=1S/C8H9N3O.2ClH.Zn/c1-11(2)8-5-6(12)3-4-7(8)10-9;;;/h3-5H,1-2H3;2*1H;/q;;;+1/p-1. The number of rotatable bonds is 1. The molecule has 0 unspecified atom stereocenters. The molecule has 79 valence electrons. The van der Waals surface area contributed by atoms with Crippen molar-refractivity contribution in [3.05, 3.63) is 23.2 Å². The summed E-state index contributed by atoms with van der Waals surface area (Å²) in [6, 6.07) is 4.56. The normalized spacial score (nSPS) is 7.27. The predicted molar refractivity (Wildman–Crippen MR) is 47.2 cm³/mol. The van der Waals surface area contributed by atoms with Gasteiger partial charge in [-0.25, -0.2) is 0 Å². The Kier molecular flexibility index (Phi) is 11.6. The minimum Gasteiger partial charge on any atom is -1.00 e. The molecule has 4 nitrogen and oxygen atoms in total. The predicted octanol–water partition coefficient (Wildman–Crippen LogP) is -4.05. The Balaban J connectivity index is -0.000000480. The number of phenolic OH excluding ortho intramolecular Hbond substituents is 1. The van der Waals surface area contributed by atoms with Gasteiger partial charge < -0.3 is 34.8 Å². The molecule has 0 fully saturated rings. The number of nitrogens with zero attached hydrogens (tertiary/aromatic N) is 3. The summed E-state index contributed by atoms with van der Waals surface area (Å²) >= 11 is 0. The second kappa shape index (κ2) is 8.73. The van der Waals surface area contributed by atoms with Crippen LogP contribution in [0.4, 0.5) is 11.4 Å². The molecular weight excluding hydrogens is 290 g/mol. The molecule has 1 aromatic rings. The van der Waals surface area contributed by atoms with Gasteiger partial charge in [0, 0.05) is 26.2 Å². The van der Waals surface area contributed by atoms with Crippen molar-refractivity contribution in [1.82, 2.24) is 0 Å². The molecule has 7 heteroatoms. The Morgan fingerprint density at radius 3 is 2.20 bits per heavy atom. The first-order chi connectivity index (χ1) is 5.65. The third-order valence-corrected chi connectivity index (χ3v) is 1.55. The summed E-state index contributed by atoms with van der Waals surface area (Å²) in [5, 5.41) is 17.7. The van der Waals surface area contributed by atoms with Gasteiger partial charge in [0.25, 0.3) is 0 Å². The first-order valence-corrected chi connectivity index (χ1v) is 3.50. The van der Waals surface area contributed by atoms with Gasteiger partial charge in [-0.2, -0.15) is 0 Å². The van der Waals surface area contributed by atoms with Crippen LogP contribution in [0.3, 0.4) is 0 Å². The van der Waals surface area contributed by atoms with Crippen LogP contribution in [0.1, 0.15) is 0 Å². The molecule has 0 heterocycles.